The van der Waals surface area contributed by atoms with Crippen molar-refractivity contribution in [1.29, 1.82) is 0 Å². The fraction of sp³-hybridized carbons (Fsp3) is 0.650. The smallest absolute Gasteiger partial charge is 0.191 e. The number of nitrogens with zero attached hydrogens (tertiary/aromatic N) is 1. The predicted molar refractivity (Wildman–Crippen MR) is 106 cm³/mol. The van der Waals surface area contributed by atoms with Gasteiger partial charge in [0, 0.05) is 43.8 Å². The lowest BCUT2D eigenvalue weighted by Gasteiger charge is -2.19. The first kappa shape index (κ1) is 19.5. The van der Waals surface area contributed by atoms with Gasteiger partial charge in [0.05, 0.1) is 12.7 Å². The molecular weight excluding hydrogens is 350 g/mol. The fourth-order valence-electron chi connectivity index (χ4n) is 3.38. The summed E-state index contributed by atoms with van der Waals surface area (Å²) in [7, 11) is 1.81. The highest BCUT2D eigenvalue weighted by molar-refractivity contribution is 6.30. The predicted octanol–water partition coefficient (Wildman–Crippen LogP) is 3.12. The van der Waals surface area contributed by atoms with Gasteiger partial charge in [-0.3, -0.25) is 4.99 Å². The summed E-state index contributed by atoms with van der Waals surface area (Å²) in [5.74, 6) is 0.845. The van der Waals surface area contributed by atoms with Gasteiger partial charge >= 0.3 is 0 Å². The molecule has 1 aliphatic carbocycles. The molecule has 26 heavy (non-hydrogen) atoms. The van der Waals surface area contributed by atoms with Crippen LogP contribution in [0.3, 0.4) is 0 Å². The van der Waals surface area contributed by atoms with Crippen LogP contribution in [0.1, 0.15) is 37.7 Å². The normalized spacial score (nSPS) is 21.6. The molecule has 1 atom stereocenters. The van der Waals surface area contributed by atoms with E-state index in [1.54, 1.807) is 0 Å². The summed E-state index contributed by atoms with van der Waals surface area (Å²) in [6.07, 6.45) is 5.92. The zero-order valence-corrected chi connectivity index (χ0v) is 16.4. The third kappa shape index (κ3) is 5.60. The van der Waals surface area contributed by atoms with Crippen LogP contribution in [-0.2, 0) is 14.9 Å². The maximum absolute atomic E-state index is 6.14. The Morgan fingerprint density at radius 1 is 1.38 bits per heavy atom. The van der Waals surface area contributed by atoms with E-state index in [1.807, 2.05) is 19.2 Å². The molecule has 1 saturated heterocycles. The van der Waals surface area contributed by atoms with Gasteiger partial charge in [0.1, 0.15) is 0 Å². The summed E-state index contributed by atoms with van der Waals surface area (Å²) < 4.78 is 11.2. The van der Waals surface area contributed by atoms with Crippen LogP contribution in [-0.4, -0.2) is 52.0 Å². The van der Waals surface area contributed by atoms with Crippen LogP contribution in [0.2, 0.25) is 5.02 Å². The maximum atomic E-state index is 6.14. The van der Waals surface area contributed by atoms with Crippen LogP contribution in [0.25, 0.3) is 0 Å². The Hall–Kier alpha value is -1.30. The van der Waals surface area contributed by atoms with Crippen molar-refractivity contribution < 1.29 is 9.47 Å². The first-order valence-corrected chi connectivity index (χ1v) is 10.00. The number of hydrogen-bond acceptors (Lipinski definition) is 3. The lowest BCUT2D eigenvalue weighted by Crippen LogP contribution is -2.41. The number of nitrogens with one attached hydrogen (secondary N) is 2. The molecule has 0 aromatic heterocycles. The average molecular weight is 380 g/mol. The van der Waals surface area contributed by atoms with E-state index in [0.29, 0.717) is 6.10 Å². The van der Waals surface area contributed by atoms with Gasteiger partial charge in [-0.05, 0) is 49.8 Å². The molecule has 1 saturated carbocycles. The second kappa shape index (κ2) is 9.58. The van der Waals surface area contributed by atoms with Crippen LogP contribution >= 0.6 is 11.6 Å². The van der Waals surface area contributed by atoms with Crippen LogP contribution in [0.5, 0.6) is 0 Å². The highest BCUT2D eigenvalue weighted by atomic mass is 35.5. The van der Waals surface area contributed by atoms with Crippen molar-refractivity contribution in [3.63, 3.8) is 0 Å². The Labute approximate surface area is 161 Å². The van der Waals surface area contributed by atoms with Crippen LogP contribution in [0.4, 0.5) is 0 Å². The Bertz CT molecular complexity index is 598. The van der Waals surface area contributed by atoms with Gasteiger partial charge in [-0.1, -0.05) is 23.7 Å². The molecule has 0 bridgehead atoms. The van der Waals surface area contributed by atoms with Crippen molar-refractivity contribution in [2.24, 2.45) is 4.99 Å². The molecule has 2 aliphatic rings. The van der Waals surface area contributed by atoms with Crippen molar-refractivity contribution in [2.45, 2.75) is 43.6 Å². The van der Waals surface area contributed by atoms with Crippen molar-refractivity contribution in [3.05, 3.63) is 34.9 Å². The largest absolute Gasteiger partial charge is 0.379 e. The number of benzene rings is 1. The molecule has 1 unspecified atom stereocenters. The minimum Gasteiger partial charge on any atom is -0.379 e. The first-order valence-electron chi connectivity index (χ1n) is 9.62. The molecular formula is C20H30ClN3O2. The van der Waals surface area contributed by atoms with E-state index >= 15 is 0 Å². The van der Waals surface area contributed by atoms with Crippen molar-refractivity contribution in [3.8, 4) is 0 Å². The standard InChI is InChI=1S/C20H30ClN3O2/c1-22-19(23-10-4-11-25-14-18-7-3-12-26-18)24-15-20(8-9-20)16-5-2-6-17(21)13-16/h2,5-6,13,18H,3-4,7-12,14-15H2,1H3,(H2,22,23,24). The molecule has 144 valence electrons. The molecule has 3 rings (SSSR count). The lowest BCUT2D eigenvalue weighted by molar-refractivity contribution is 0.0168. The molecule has 2 fully saturated rings. The van der Waals surface area contributed by atoms with Gasteiger partial charge in [-0.2, -0.15) is 0 Å². The highest BCUT2D eigenvalue weighted by Gasteiger charge is 2.44. The van der Waals surface area contributed by atoms with E-state index in [0.717, 1.165) is 63.2 Å². The molecule has 1 aromatic carbocycles. The highest BCUT2D eigenvalue weighted by Crippen LogP contribution is 2.48. The van der Waals surface area contributed by atoms with Crippen LogP contribution in [0, 0.1) is 0 Å². The number of rotatable bonds is 9. The third-order valence-electron chi connectivity index (χ3n) is 5.19. The average Bonchev–Trinajstić information content (AvgIpc) is 3.27. The van der Waals surface area contributed by atoms with Crippen molar-refractivity contribution >= 4 is 17.6 Å². The van der Waals surface area contributed by atoms with E-state index in [4.69, 9.17) is 21.1 Å². The Morgan fingerprint density at radius 2 is 2.27 bits per heavy atom. The van der Waals surface area contributed by atoms with E-state index in [1.165, 1.54) is 18.4 Å². The molecule has 5 nitrogen and oxygen atoms in total. The van der Waals surface area contributed by atoms with Crippen LogP contribution in [0.15, 0.2) is 29.3 Å². The minimum absolute atomic E-state index is 0.201. The summed E-state index contributed by atoms with van der Waals surface area (Å²) in [5.41, 5.74) is 1.52. The quantitative estimate of drug-likeness (QED) is 0.393. The molecule has 1 heterocycles. The lowest BCUT2D eigenvalue weighted by atomic mass is 9.96. The first-order chi connectivity index (χ1) is 12.7. The number of guanidine groups is 1. The molecule has 6 heteroatoms. The molecule has 1 aliphatic heterocycles. The van der Waals surface area contributed by atoms with Gasteiger partial charge in [0.25, 0.3) is 0 Å². The van der Waals surface area contributed by atoms with E-state index in [-0.39, 0.29) is 5.41 Å². The summed E-state index contributed by atoms with van der Waals surface area (Å²) >= 11 is 6.14. The van der Waals surface area contributed by atoms with Crippen LogP contribution < -0.4 is 10.6 Å². The maximum Gasteiger partial charge on any atom is 0.191 e. The summed E-state index contributed by atoms with van der Waals surface area (Å²) in [6.45, 7) is 4.07. The molecule has 1 aromatic rings. The SMILES string of the molecule is CN=C(NCCCOCC1CCCO1)NCC1(c2cccc(Cl)c2)CC1. The number of halogens is 1. The number of aliphatic imine (C=N–C) groups is 1. The van der Waals surface area contributed by atoms with Crippen molar-refractivity contribution in [2.75, 3.05) is 40.0 Å². The zero-order valence-electron chi connectivity index (χ0n) is 15.6. The number of hydrogen-bond donors (Lipinski definition) is 2. The second-order valence-corrected chi connectivity index (χ2v) is 7.64. The van der Waals surface area contributed by atoms with E-state index in [9.17, 15) is 0 Å². The summed E-state index contributed by atoms with van der Waals surface area (Å²) in [4.78, 5) is 4.32. The molecule has 0 spiro atoms. The monoisotopic (exact) mass is 379 g/mol. The summed E-state index contributed by atoms with van der Waals surface area (Å²) in [5, 5.41) is 7.63. The Balaban J connectivity index is 1.32. The Kier molecular flexibility index (Phi) is 7.17. The summed E-state index contributed by atoms with van der Waals surface area (Å²) in [6, 6.07) is 8.21. The second-order valence-electron chi connectivity index (χ2n) is 7.21. The van der Waals surface area contributed by atoms with Crippen molar-refractivity contribution in [1.82, 2.24) is 10.6 Å². The Morgan fingerprint density at radius 3 is 2.96 bits per heavy atom. The van der Waals surface area contributed by atoms with Gasteiger partial charge < -0.3 is 20.1 Å². The van der Waals surface area contributed by atoms with Gasteiger partial charge in [-0.15, -0.1) is 0 Å². The minimum atomic E-state index is 0.201. The molecule has 0 amide bonds. The van der Waals surface area contributed by atoms with E-state index < -0.39 is 0 Å². The molecule has 2 N–H and O–H groups in total. The topological polar surface area (TPSA) is 54.9 Å². The zero-order chi connectivity index (χ0) is 18.2. The van der Waals surface area contributed by atoms with E-state index in [2.05, 4.69) is 27.8 Å². The van der Waals surface area contributed by atoms with Gasteiger partial charge in [0.2, 0.25) is 0 Å². The van der Waals surface area contributed by atoms with Gasteiger partial charge in [-0.25, -0.2) is 0 Å². The molecule has 0 radical (unpaired) electrons. The van der Waals surface area contributed by atoms with Gasteiger partial charge in [0.15, 0.2) is 5.96 Å². The third-order valence-corrected chi connectivity index (χ3v) is 5.43. The fourth-order valence-corrected chi connectivity index (χ4v) is 3.57. The number of ether oxygens (including phenoxy) is 2.